The van der Waals surface area contributed by atoms with Crippen molar-refractivity contribution in [3.63, 3.8) is 0 Å². The molecule has 10 N–H and O–H groups in total. The highest BCUT2D eigenvalue weighted by Crippen LogP contribution is 2.06. The summed E-state index contributed by atoms with van der Waals surface area (Å²) in [5.41, 5.74) is 5.53. The molecule has 0 aromatic heterocycles. The average Bonchev–Trinajstić information content (AvgIpc) is 2.92. The largest absolute Gasteiger partial charge is 0.394 e. The minimum absolute atomic E-state index is 0.177. The summed E-state index contributed by atoms with van der Waals surface area (Å²) in [4.78, 5) is 85.2. The van der Waals surface area contributed by atoms with E-state index < -0.39 is 84.9 Å². The second kappa shape index (κ2) is 19.5. The fourth-order valence-corrected chi connectivity index (χ4v) is 3.53. The van der Waals surface area contributed by atoms with Gasteiger partial charge >= 0.3 is 0 Å². The predicted octanol–water partition coefficient (Wildman–Crippen LogP) is -5.03. The molecule has 43 heavy (non-hydrogen) atoms. The molecule has 6 atom stereocenters. The van der Waals surface area contributed by atoms with E-state index in [9.17, 15) is 43.8 Å². The number of nitrogens with two attached hydrogens (primary N) is 1. The zero-order valence-electron chi connectivity index (χ0n) is 25.8. The van der Waals surface area contributed by atoms with E-state index in [1.807, 2.05) is 21.1 Å². The molecule has 6 amide bonds. The van der Waals surface area contributed by atoms with Crippen LogP contribution in [-0.4, -0.2) is 140 Å². The molecule has 0 aliphatic carbocycles. The molecule has 0 aliphatic heterocycles. The molecule has 0 rings (SSSR count). The lowest BCUT2D eigenvalue weighted by molar-refractivity contribution is -0.870. The molecule has 17 heteroatoms. The molecule has 246 valence electrons. The van der Waals surface area contributed by atoms with Crippen molar-refractivity contribution in [2.24, 2.45) is 5.73 Å². The Morgan fingerprint density at radius 3 is 1.88 bits per heavy atom. The van der Waals surface area contributed by atoms with Crippen LogP contribution in [0.1, 0.15) is 40.0 Å². The van der Waals surface area contributed by atoms with E-state index >= 15 is 0 Å². The first kappa shape index (κ1) is 39.3. The molecule has 0 spiro atoms. The lowest BCUT2D eigenvalue weighted by Gasteiger charge is -2.27. The molecule has 17 nitrogen and oxygen atoms in total. The topological polar surface area (TPSA) is 258 Å². The summed E-state index contributed by atoms with van der Waals surface area (Å²) in [5, 5.41) is 33.8. The standard InChI is InChI=1S/C26H48N8O9/c1-15(27)22(39)30-16(2)23(40)31-18(9-7-8-11-34(4,5)6)24(41)32-19(14-36)25(42)33-21(17(3)37)26(43)29-13-20(38)28-10-12-35/h12,15-19,21,36-37H,7-11,13-14,27H2,1-6H3,(H5-,28,29,30,31,32,33,38,39,40,41,42,43)/p+1/t15-,16-,17+,18-,19-,21-/m0/s1. The third kappa shape index (κ3) is 16.5. The van der Waals surface area contributed by atoms with Crippen LogP contribution in [0.5, 0.6) is 0 Å². The molecule has 0 aromatic carbocycles. The number of quaternary nitrogens is 1. The number of carbonyl (C=O) groups excluding carboxylic acids is 7. The quantitative estimate of drug-likeness (QED) is 0.0357. The zero-order chi connectivity index (χ0) is 33.3. The smallest absolute Gasteiger partial charge is 0.245 e. The zero-order valence-corrected chi connectivity index (χ0v) is 25.8. The van der Waals surface area contributed by atoms with Crippen molar-refractivity contribution >= 4 is 41.7 Å². The van der Waals surface area contributed by atoms with Gasteiger partial charge in [0.05, 0.1) is 59.5 Å². The third-order valence-corrected chi connectivity index (χ3v) is 6.05. The summed E-state index contributed by atoms with van der Waals surface area (Å²) in [7, 11) is 6.01. The normalized spacial score (nSPS) is 15.4. The molecule has 0 fully saturated rings. The number of nitrogens with one attached hydrogen (secondary N) is 6. The molecule has 0 heterocycles. The SMILES string of the molecule is C[C@H](N)C(=O)N[C@@H](C)C(=O)N[C@@H](CCCC[N+](C)(C)C)C(=O)N[C@@H](CO)C(=O)N[C@H](C(=O)NCC(=O)NCC=O)[C@@H](C)O. The van der Waals surface area contributed by atoms with Crippen LogP contribution in [0.15, 0.2) is 0 Å². The van der Waals surface area contributed by atoms with E-state index in [2.05, 4.69) is 31.9 Å². The number of hydrogen-bond donors (Lipinski definition) is 9. The highest BCUT2D eigenvalue weighted by Gasteiger charge is 2.32. The number of rotatable bonds is 20. The number of hydrogen-bond acceptors (Lipinski definition) is 10. The van der Waals surface area contributed by atoms with Gasteiger partial charge in [-0.05, 0) is 40.0 Å². The summed E-state index contributed by atoms with van der Waals surface area (Å²) < 4.78 is 0.678. The summed E-state index contributed by atoms with van der Waals surface area (Å²) in [6.07, 6.45) is 0.426. The van der Waals surface area contributed by atoms with Gasteiger partial charge in [0.1, 0.15) is 30.5 Å². The van der Waals surface area contributed by atoms with Gasteiger partial charge in [-0.2, -0.15) is 0 Å². The van der Waals surface area contributed by atoms with E-state index in [1.165, 1.54) is 20.8 Å². The molecule has 0 aliphatic rings. The molecule has 0 unspecified atom stereocenters. The van der Waals surface area contributed by atoms with Gasteiger partial charge < -0.3 is 57.1 Å². The maximum absolute atomic E-state index is 13.2. The molecule has 0 bridgehead atoms. The molecule has 0 aromatic rings. The van der Waals surface area contributed by atoms with E-state index in [4.69, 9.17) is 5.73 Å². The predicted molar refractivity (Wildman–Crippen MR) is 155 cm³/mol. The summed E-state index contributed by atoms with van der Waals surface area (Å²) in [5.74, 6) is -4.68. The Labute approximate surface area is 251 Å². The Morgan fingerprint density at radius 2 is 1.37 bits per heavy atom. The van der Waals surface area contributed by atoms with Crippen molar-refractivity contribution in [3.8, 4) is 0 Å². The number of nitrogens with zero attached hydrogens (tertiary/aromatic N) is 1. The Bertz CT molecular complexity index is 969. The van der Waals surface area contributed by atoms with Gasteiger partial charge in [-0.1, -0.05) is 0 Å². The van der Waals surface area contributed by atoms with E-state index in [1.54, 1.807) is 0 Å². The van der Waals surface area contributed by atoms with Gasteiger partial charge in [-0.15, -0.1) is 0 Å². The van der Waals surface area contributed by atoms with Crippen LogP contribution in [0.4, 0.5) is 0 Å². The van der Waals surface area contributed by atoms with Crippen molar-refractivity contribution in [3.05, 3.63) is 0 Å². The fraction of sp³-hybridized carbons (Fsp3) is 0.731. The van der Waals surface area contributed by atoms with Crippen LogP contribution in [0.2, 0.25) is 0 Å². The minimum Gasteiger partial charge on any atom is -0.394 e. The van der Waals surface area contributed by atoms with Gasteiger partial charge in [0, 0.05) is 0 Å². The monoisotopic (exact) mass is 617 g/mol. The minimum atomic E-state index is -1.57. The number of amides is 6. The van der Waals surface area contributed by atoms with Crippen molar-refractivity contribution in [1.29, 1.82) is 0 Å². The summed E-state index contributed by atoms with van der Waals surface area (Å²) in [6.45, 7) is 3.17. The highest BCUT2D eigenvalue weighted by atomic mass is 16.3. The van der Waals surface area contributed by atoms with Crippen molar-refractivity contribution < 1.29 is 48.3 Å². The number of aldehydes is 1. The van der Waals surface area contributed by atoms with Crippen LogP contribution in [0.25, 0.3) is 0 Å². The first-order chi connectivity index (χ1) is 19.9. The van der Waals surface area contributed by atoms with E-state index in [0.717, 1.165) is 6.54 Å². The number of carbonyl (C=O) groups is 7. The average molecular weight is 618 g/mol. The van der Waals surface area contributed by atoms with Crippen LogP contribution >= 0.6 is 0 Å². The van der Waals surface area contributed by atoms with Gasteiger partial charge in [0.25, 0.3) is 0 Å². The van der Waals surface area contributed by atoms with Gasteiger partial charge in [-0.25, -0.2) is 0 Å². The van der Waals surface area contributed by atoms with Gasteiger partial charge in [0.15, 0.2) is 0 Å². The Hall–Kier alpha value is -3.67. The lowest BCUT2D eigenvalue weighted by Crippen LogP contribution is -2.60. The maximum Gasteiger partial charge on any atom is 0.245 e. The summed E-state index contributed by atoms with van der Waals surface area (Å²) in [6, 6.07) is -6.16. The number of unbranched alkanes of at least 4 members (excludes halogenated alkanes) is 1. The van der Waals surface area contributed by atoms with E-state index in [-0.39, 0.29) is 13.0 Å². The third-order valence-electron chi connectivity index (χ3n) is 6.05. The van der Waals surface area contributed by atoms with Crippen LogP contribution < -0.4 is 37.6 Å². The molecule has 0 radical (unpaired) electrons. The first-order valence-electron chi connectivity index (χ1n) is 14.0. The summed E-state index contributed by atoms with van der Waals surface area (Å²) >= 11 is 0. The van der Waals surface area contributed by atoms with Crippen LogP contribution in [0.3, 0.4) is 0 Å². The highest BCUT2D eigenvalue weighted by molar-refractivity contribution is 5.96. The second-order valence-corrected chi connectivity index (χ2v) is 11.2. The maximum atomic E-state index is 13.2. The molecular weight excluding hydrogens is 568 g/mol. The van der Waals surface area contributed by atoms with Crippen molar-refractivity contribution in [1.82, 2.24) is 31.9 Å². The van der Waals surface area contributed by atoms with Gasteiger partial charge in [0.2, 0.25) is 35.4 Å². The molecular formula is C26H49N8O9+. The molecule has 0 saturated carbocycles. The molecule has 0 saturated heterocycles. The van der Waals surface area contributed by atoms with E-state index in [0.29, 0.717) is 23.6 Å². The Morgan fingerprint density at radius 1 is 0.791 bits per heavy atom. The Kier molecular flexibility index (Phi) is 17.8. The number of aliphatic hydroxyl groups is 2. The lowest BCUT2D eigenvalue weighted by atomic mass is 10.1. The number of aliphatic hydroxyl groups excluding tert-OH is 2. The van der Waals surface area contributed by atoms with Crippen LogP contribution in [0, 0.1) is 0 Å². The van der Waals surface area contributed by atoms with Crippen LogP contribution in [-0.2, 0) is 33.6 Å². The second-order valence-electron chi connectivity index (χ2n) is 11.2. The van der Waals surface area contributed by atoms with Crippen molar-refractivity contribution in [2.75, 3.05) is 47.4 Å². The first-order valence-corrected chi connectivity index (χ1v) is 14.0. The van der Waals surface area contributed by atoms with Gasteiger partial charge in [-0.3, -0.25) is 28.8 Å². The Balaban J connectivity index is 5.54. The van der Waals surface area contributed by atoms with Crippen molar-refractivity contribution in [2.45, 2.75) is 76.3 Å². The fourth-order valence-electron chi connectivity index (χ4n) is 3.53.